The average molecular weight is 212 g/mol. The van der Waals surface area contributed by atoms with Crippen molar-refractivity contribution in [2.75, 3.05) is 25.1 Å². The van der Waals surface area contributed by atoms with Crippen LogP contribution in [-0.2, 0) is 5.41 Å². The van der Waals surface area contributed by atoms with Crippen LogP contribution >= 0.6 is 11.6 Å². The fraction of sp³-hybridized carbons (Fsp3) is 0.455. The van der Waals surface area contributed by atoms with Gasteiger partial charge in [0.2, 0.25) is 0 Å². The number of benzene rings is 1. The molecule has 1 N–H and O–H groups in total. The Bertz CT molecular complexity index is 366. The van der Waals surface area contributed by atoms with Gasteiger partial charge in [0.05, 0.1) is 6.61 Å². The van der Waals surface area contributed by atoms with Crippen LogP contribution in [0.2, 0.25) is 5.02 Å². The lowest BCUT2D eigenvalue weighted by Gasteiger charge is -2.21. The molecule has 1 aromatic carbocycles. The highest BCUT2D eigenvalue weighted by Gasteiger charge is 2.36. The van der Waals surface area contributed by atoms with E-state index in [0.29, 0.717) is 0 Å². The molecule has 14 heavy (non-hydrogen) atoms. The minimum atomic E-state index is -0.172. The second-order valence-electron chi connectivity index (χ2n) is 4.24. The molecule has 0 saturated heterocycles. The van der Waals surface area contributed by atoms with Crippen molar-refractivity contribution in [1.29, 1.82) is 0 Å². The SMILES string of the molecule is CN1C[C@@](C)(CO)c2cc(Cl)ccc21. The first-order valence-corrected chi connectivity index (χ1v) is 5.07. The fourth-order valence-electron chi connectivity index (χ4n) is 2.15. The third kappa shape index (κ3) is 1.30. The number of fused-ring (bicyclic) bond motifs is 1. The molecule has 1 aliphatic heterocycles. The van der Waals surface area contributed by atoms with E-state index in [4.69, 9.17) is 11.6 Å². The Hall–Kier alpha value is -0.730. The number of rotatable bonds is 1. The summed E-state index contributed by atoms with van der Waals surface area (Å²) >= 11 is 5.96. The van der Waals surface area contributed by atoms with Crippen LogP contribution in [0.1, 0.15) is 12.5 Å². The van der Waals surface area contributed by atoms with Gasteiger partial charge in [0.25, 0.3) is 0 Å². The van der Waals surface area contributed by atoms with E-state index in [1.165, 1.54) is 5.69 Å². The summed E-state index contributed by atoms with van der Waals surface area (Å²) in [5, 5.41) is 10.1. The maximum atomic E-state index is 9.41. The van der Waals surface area contributed by atoms with Gasteiger partial charge in [0, 0.05) is 29.7 Å². The predicted octanol–water partition coefficient (Wildman–Crippen LogP) is 2.04. The number of anilines is 1. The quantitative estimate of drug-likeness (QED) is 0.769. The summed E-state index contributed by atoms with van der Waals surface area (Å²) in [7, 11) is 2.04. The van der Waals surface area contributed by atoms with Crippen molar-refractivity contribution in [2.24, 2.45) is 0 Å². The van der Waals surface area contributed by atoms with Gasteiger partial charge in [-0.3, -0.25) is 0 Å². The summed E-state index contributed by atoms with van der Waals surface area (Å²) in [4.78, 5) is 2.15. The van der Waals surface area contributed by atoms with E-state index in [1.54, 1.807) is 0 Å². The molecule has 2 nitrogen and oxygen atoms in total. The molecule has 1 atom stereocenters. The van der Waals surface area contributed by atoms with E-state index in [0.717, 1.165) is 17.1 Å². The van der Waals surface area contributed by atoms with Crippen LogP contribution in [-0.4, -0.2) is 25.3 Å². The number of nitrogens with zero attached hydrogens (tertiary/aromatic N) is 1. The minimum absolute atomic E-state index is 0.157. The van der Waals surface area contributed by atoms with E-state index in [2.05, 4.69) is 11.8 Å². The molecule has 0 amide bonds. The van der Waals surface area contributed by atoms with Gasteiger partial charge in [-0.1, -0.05) is 18.5 Å². The summed E-state index contributed by atoms with van der Waals surface area (Å²) in [5.41, 5.74) is 2.15. The van der Waals surface area contributed by atoms with Crippen molar-refractivity contribution in [3.63, 3.8) is 0 Å². The number of hydrogen-bond donors (Lipinski definition) is 1. The largest absolute Gasteiger partial charge is 0.395 e. The molecule has 0 spiro atoms. The van der Waals surface area contributed by atoms with Crippen molar-refractivity contribution >= 4 is 17.3 Å². The second kappa shape index (κ2) is 3.14. The van der Waals surface area contributed by atoms with Crippen molar-refractivity contribution in [2.45, 2.75) is 12.3 Å². The van der Waals surface area contributed by atoms with E-state index in [9.17, 15) is 5.11 Å². The number of hydrogen-bond acceptors (Lipinski definition) is 2. The van der Waals surface area contributed by atoms with Gasteiger partial charge in [-0.15, -0.1) is 0 Å². The van der Waals surface area contributed by atoms with Crippen molar-refractivity contribution in [3.05, 3.63) is 28.8 Å². The van der Waals surface area contributed by atoms with Crippen LogP contribution in [0.5, 0.6) is 0 Å². The molecule has 0 unspecified atom stereocenters. The smallest absolute Gasteiger partial charge is 0.0543 e. The maximum Gasteiger partial charge on any atom is 0.0543 e. The van der Waals surface area contributed by atoms with Crippen molar-refractivity contribution in [1.82, 2.24) is 0 Å². The number of likely N-dealkylation sites (N-methyl/N-ethyl adjacent to an activating group) is 1. The van der Waals surface area contributed by atoms with Crippen LogP contribution in [0.4, 0.5) is 5.69 Å². The summed E-state index contributed by atoms with van der Waals surface area (Å²) in [6, 6.07) is 5.86. The van der Waals surface area contributed by atoms with Gasteiger partial charge >= 0.3 is 0 Å². The Balaban J connectivity index is 2.56. The van der Waals surface area contributed by atoms with Gasteiger partial charge in [0.15, 0.2) is 0 Å². The first-order valence-electron chi connectivity index (χ1n) is 4.69. The third-order valence-corrected chi connectivity index (χ3v) is 3.19. The van der Waals surface area contributed by atoms with Gasteiger partial charge < -0.3 is 10.0 Å². The summed E-state index contributed by atoms with van der Waals surface area (Å²) in [5.74, 6) is 0. The first kappa shape index (κ1) is 9.81. The topological polar surface area (TPSA) is 23.5 Å². The predicted molar refractivity (Wildman–Crippen MR) is 59.2 cm³/mol. The first-order chi connectivity index (χ1) is 6.57. The lowest BCUT2D eigenvalue weighted by molar-refractivity contribution is 0.216. The molecule has 3 heteroatoms. The monoisotopic (exact) mass is 211 g/mol. The van der Waals surface area contributed by atoms with E-state index in [-0.39, 0.29) is 12.0 Å². The Morgan fingerprint density at radius 3 is 2.93 bits per heavy atom. The molecule has 76 valence electrons. The maximum absolute atomic E-state index is 9.41. The van der Waals surface area contributed by atoms with Crippen molar-refractivity contribution in [3.8, 4) is 0 Å². The van der Waals surface area contributed by atoms with E-state index in [1.807, 2.05) is 25.2 Å². The molecule has 0 aliphatic carbocycles. The molecular weight excluding hydrogens is 198 g/mol. The molecule has 1 aromatic rings. The number of aliphatic hydroxyl groups excluding tert-OH is 1. The zero-order valence-electron chi connectivity index (χ0n) is 8.42. The standard InChI is InChI=1S/C11H14ClNO/c1-11(7-14)6-13(2)10-4-3-8(12)5-9(10)11/h3-5,14H,6-7H2,1-2H3/t11-/m0/s1. The summed E-state index contributed by atoms with van der Waals surface area (Å²) in [6.45, 7) is 3.07. The highest BCUT2D eigenvalue weighted by Crippen LogP contribution is 2.40. The van der Waals surface area contributed by atoms with E-state index < -0.39 is 0 Å². The van der Waals surface area contributed by atoms with Crippen LogP contribution in [0, 0.1) is 0 Å². The van der Waals surface area contributed by atoms with E-state index >= 15 is 0 Å². The Morgan fingerprint density at radius 1 is 1.57 bits per heavy atom. The zero-order chi connectivity index (χ0) is 10.3. The van der Waals surface area contributed by atoms with Crippen molar-refractivity contribution < 1.29 is 5.11 Å². The molecule has 0 bridgehead atoms. The molecule has 1 heterocycles. The fourth-order valence-corrected chi connectivity index (χ4v) is 2.33. The Morgan fingerprint density at radius 2 is 2.29 bits per heavy atom. The summed E-state index contributed by atoms with van der Waals surface area (Å²) in [6.07, 6.45) is 0. The van der Waals surface area contributed by atoms with Crippen LogP contribution in [0.15, 0.2) is 18.2 Å². The van der Waals surface area contributed by atoms with Gasteiger partial charge in [-0.25, -0.2) is 0 Å². The molecule has 0 aromatic heterocycles. The highest BCUT2D eigenvalue weighted by molar-refractivity contribution is 6.30. The lowest BCUT2D eigenvalue weighted by Crippen LogP contribution is -2.32. The molecule has 0 radical (unpaired) electrons. The molecular formula is C11H14ClNO. The lowest BCUT2D eigenvalue weighted by atomic mass is 9.85. The molecule has 1 aliphatic rings. The average Bonchev–Trinajstić information content (AvgIpc) is 2.40. The second-order valence-corrected chi connectivity index (χ2v) is 4.67. The highest BCUT2D eigenvalue weighted by atomic mass is 35.5. The van der Waals surface area contributed by atoms with Gasteiger partial charge in [-0.05, 0) is 23.8 Å². The van der Waals surface area contributed by atoms with Crippen LogP contribution in [0.3, 0.4) is 0 Å². The van der Waals surface area contributed by atoms with Gasteiger partial charge in [-0.2, -0.15) is 0 Å². The minimum Gasteiger partial charge on any atom is -0.395 e. The molecule has 2 rings (SSSR count). The number of aliphatic hydroxyl groups is 1. The molecule has 0 saturated carbocycles. The van der Waals surface area contributed by atoms with Crippen LogP contribution < -0.4 is 4.90 Å². The van der Waals surface area contributed by atoms with Gasteiger partial charge in [0.1, 0.15) is 0 Å². The summed E-state index contributed by atoms with van der Waals surface area (Å²) < 4.78 is 0. The zero-order valence-corrected chi connectivity index (χ0v) is 9.17. The number of halogens is 1. The van der Waals surface area contributed by atoms with Crippen LogP contribution in [0.25, 0.3) is 0 Å². The molecule has 0 fully saturated rings. The Labute approximate surface area is 89.1 Å². The Kier molecular flexibility index (Phi) is 2.20. The normalized spacial score (nSPS) is 25.3. The third-order valence-electron chi connectivity index (χ3n) is 2.96.